The van der Waals surface area contributed by atoms with Crippen molar-refractivity contribution in [3.63, 3.8) is 0 Å². The van der Waals surface area contributed by atoms with E-state index in [4.69, 9.17) is 9.88 Å². The predicted octanol–water partition coefficient (Wildman–Crippen LogP) is 1.96. The number of likely N-dealkylation sites (tertiary alicyclic amines) is 1. The van der Waals surface area contributed by atoms with E-state index >= 15 is 0 Å². The third-order valence-corrected chi connectivity index (χ3v) is 4.71. The molecule has 1 aliphatic heterocycles. The number of nitrogens with two attached hydrogens (primary N) is 1. The number of ether oxygens (including phenoxy) is 1. The average Bonchev–Trinajstić information content (AvgIpc) is 2.88. The maximum atomic E-state index is 11.5. The minimum Gasteiger partial charge on any atom is -0.492 e. The highest BCUT2D eigenvalue weighted by Crippen LogP contribution is 2.26. The molecule has 5 nitrogen and oxygen atoms in total. The summed E-state index contributed by atoms with van der Waals surface area (Å²) >= 11 is 3.23. The molecule has 0 aromatic heterocycles. The summed E-state index contributed by atoms with van der Waals surface area (Å²) in [5.74, 6) is 0.317. The second-order valence-corrected chi connectivity index (χ2v) is 7.33. The molecule has 1 heterocycles. The molecule has 7 heteroatoms. The molecule has 0 bridgehead atoms. The van der Waals surface area contributed by atoms with Crippen LogP contribution < -0.4 is 9.88 Å². The summed E-state index contributed by atoms with van der Waals surface area (Å²) in [7, 11) is -3.77. The van der Waals surface area contributed by atoms with E-state index in [1.165, 1.54) is 18.9 Å². The monoisotopic (exact) mass is 362 g/mol. The van der Waals surface area contributed by atoms with Gasteiger partial charge in [0.1, 0.15) is 10.6 Å². The van der Waals surface area contributed by atoms with Crippen molar-refractivity contribution in [2.75, 3.05) is 26.2 Å². The molecule has 0 amide bonds. The van der Waals surface area contributed by atoms with Gasteiger partial charge in [0, 0.05) is 11.0 Å². The number of rotatable bonds is 6. The molecule has 0 spiro atoms. The van der Waals surface area contributed by atoms with Gasteiger partial charge in [0.05, 0.1) is 6.61 Å². The molecule has 2 rings (SSSR count). The van der Waals surface area contributed by atoms with Crippen LogP contribution in [0.1, 0.15) is 19.3 Å². The Labute approximate surface area is 128 Å². The topological polar surface area (TPSA) is 72.6 Å². The number of nitrogens with zero attached hydrogens (tertiary/aromatic N) is 1. The van der Waals surface area contributed by atoms with Crippen LogP contribution >= 0.6 is 15.9 Å². The van der Waals surface area contributed by atoms with E-state index in [0.29, 0.717) is 16.8 Å². The van der Waals surface area contributed by atoms with Crippen molar-refractivity contribution in [2.24, 2.45) is 5.14 Å². The lowest BCUT2D eigenvalue weighted by Gasteiger charge is -2.15. The Balaban J connectivity index is 1.92. The van der Waals surface area contributed by atoms with E-state index in [1.54, 1.807) is 12.1 Å². The molecular formula is C13H19BrN2O3S. The summed E-state index contributed by atoms with van der Waals surface area (Å²) in [5, 5.41) is 5.19. The summed E-state index contributed by atoms with van der Waals surface area (Å²) < 4.78 is 29.3. The van der Waals surface area contributed by atoms with Crippen LogP contribution in [0.4, 0.5) is 0 Å². The van der Waals surface area contributed by atoms with E-state index in [1.807, 2.05) is 0 Å². The van der Waals surface area contributed by atoms with Gasteiger partial charge in [-0.3, -0.25) is 0 Å². The molecule has 1 aromatic rings. The van der Waals surface area contributed by atoms with Crippen LogP contribution in [0.15, 0.2) is 27.6 Å². The Morgan fingerprint density at radius 3 is 2.65 bits per heavy atom. The zero-order valence-corrected chi connectivity index (χ0v) is 13.6. The lowest BCUT2D eigenvalue weighted by Crippen LogP contribution is -2.22. The maximum Gasteiger partial charge on any atom is 0.241 e. The molecule has 0 radical (unpaired) electrons. The largest absolute Gasteiger partial charge is 0.492 e. The maximum absolute atomic E-state index is 11.5. The lowest BCUT2D eigenvalue weighted by atomic mass is 10.3. The van der Waals surface area contributed by atoms with Crippen molar-refractivity contribution < 1.29 is 13.2 Å². The molecule has 1 aromatic carbocycles. The van der Waals surface area contributed by atoms with Gasteiger partial charge in [-0.05, 0) is 50.6 Å². The molecule has 1 fully saturated rings. The molecule has 112 valence electrons. The molecule has 1 aliphatic rings. The highest BCUT2D eigenvalue weighted by Gasteiger charge is 2.16. The third-order valence-electron chi connectivity index (χ3n) is 3.29. The van der Waals surface area contributed by atoms with Crippen molar-refractivity contribution in [1.29, 1.82) is 0 Å². The lowest BCUT2D eigenvalue weighted by molar-refractivity contribution is 0.259. The first-order valence-corrected chi connectivity index (χ1v) is 8.98. The first-order valence-electron chi connectivity index (χ1n) is 6.64. The summed E-state index contributed by atoms with van der Waals surface area (Å²) in [6.07, 6.45) is 3.41. The molecule has 1 saturated heterocycles. The molecule has 0 unspecified atom stereocenters. The summed E-state index contributed by atoms with van der Waals surface area (Å²) in [6.45, 7) is 3.78. The highest BCUT2D eigenvalue weighted by atomic mass is 79.9. The van der Waals surface area contributed by atoms with Gasteiger partial charge in [-0.1, -0.05) is 15.9 Å². The standard InChI is InChI=1S/C13H19BrN2O3S/c14-11-4-5-12(13(10-11)20(15,17)18)19-9-3-8-16-6-1-2-7-16/h4-5,10H,1-3,6-9H2,(H2,15,17,18). The highest BCUT2D eigenvalue weighted by molar-refractivity contribution is 9.10. The van der Waals surface area contributed by atoms with Gasteiger partial charge in [0.2, 0.25) is 10.0 Å². The van der Waals surface area contributed by atoms with Crippen LogP contribution in [0.2, 0.25) is 0 Å². The minimum absolute atomic E-state index is 0.0213. The van der Waals surface area contributed by atoms with Crippen molar-refractivity contribution in [2.45, 2.75) is 24.2 Å². The summed E-state index contributed by atoms with van der Waals surface area (Å²) in [5.41, 5.74) is 0. The molecule has 0 atom stereocenters. The fourth-order valence-corrected chi connectivity index (χ4v) is 3.51. The third kappa shape index (κ3) is 4.44. The van der Waals surface area contributed by atoms with Crippen LogP contribution in [0, 0.1) is 0 Å². The second kappa shape index (κ2) is 6.89. The molecule has 0 aliphatic carbocycles. The Morgan fingerprint density at radius 1 is 1.30 bits per heavy atom. The van der Waals surface area contributed by atoms with Crippen molar-refractivity contribution in [3.05, 3.63) is 22.7 Å². The van der Waals surface area contributed by atoms with E-state index < -0.39 is 10.0 Å². The van der Waals surface area contributed by atoms with Crippen molar-refractivity contribution in [1.82, 2.24) is 4.90 Å². The van der Waals surface area contributed by atoms with Gasteiger partial charge in [0.25, 0.3) is 0 Å². The van der Waals surface area contributed by atoms with Crippen LogP contribution in [0.25, 0.3) is 0 Å². The zero-order valence-electron chi connectivity index (χ0n) is 11.2. The Kier molecular flexibility index (Phi) is 5.42. The summed E-state index contributed by atoms with van der Waals surface area (Å²) in [4.78, 5) is 2.42. The van der Waals surface area contributed by atoms with E-state index in [9.17, 15) is 8.42 Å². The van der Waals surface area contributed by atoms with E-state index in [2.05, 4.69) is 20.8 Å². The number of hydrogen-bond acceptors (Lipinski definition) is 4. The van der Waals surface area contributed by atoms with Gasteiger partial charge in [0.15, 0.2) is 0 Å². The van der Waals surface area contributed by atoms with Crippen LogP contribution in [0.5, 0.6) is 5.75 Å². The fourth-order valence-electron chi connectivity index (χ4n) is 2.30. The first-order chi connectivity index (χ1) is 9.47. The molecule has 0 saturated carbocycles. The van der Waals surface area contributed by atoms with Crippen LogP contribution in [0.3, 0.4) is 0 Å². The first kappa shape index (κ1) is 15.8. The minimum atomic E-state index is -3.77. The van der Waals surface area contributed by atoms with E-state index in [0.717, 1.165) is 26.1 Å². The van der Waals surface area contributed by atoms with Crippen LogP contribution in [-0.4, -0.2) is 39.6 Å². The number of primary sulfonamides is 1. The van der Waals surface area contributed by atoms with Gasteiger partial charge < -0.3 is 9.64 Å². The number of hydrogen-bond donors (Lipinski definition) is 1. The number of halogens is 1. The van der Waals surface area contributed by atoms with Gasteiger partial charge >= 0.3 is 0 Å². The Hall–Kier alpha value is -0.630. The quantitative estimate of drug-likeness (QED) is 0.785. The second-order valence-electron chi connectivity index (χ2n) is 4.89. The normalized spacial score (nSPS) is 16.5. The van der Waals surface area contributed by atoms with Crippen LogP contribution in [-0.2, 0) is 10.0 Å². The Morgan fingerprint density at radius 2 is 2.00 bits per heavy atom. The Bertz CT molecular complexity index is 557. The number of benzene rings is 1. The fraction of sp³-hybridized carbons (Fsp3) is 0.538. The van der Waals surface area contributed by atoms with Gasteiger partial charge in [-0.15, -0.1) is 0 Å². The summed E-state index contributed by atoms with van der Waals surface area (Å²) in [6, 6.07) is 4.83. The zero-order chi connectivity index (χ0) is 14.6. The predicted molar refractivity (Wildman–Crippen MR) is 81.3 cm³/mol. The van der Waals surface area contributed by atoms with Crippen molar-refractivity contribution >= 4 is 26.0 Å². The van der Waals surface area contributed by atoms with Gasteiger partial charge in [-0.25, -0.2) is 13.6 Å². The van der Waals surface area contributed by atoms with E-state index in [-0.39, 0.29) is 4.90 Å². The number of sulfonamides is 1. The smallest absolute Gasteiger partial charge is 0.241 e. The molecule has 20 heavy (non-hydrogen) atoms. The van der Waals surface area contributed by atoms with Gasteiger partial charge in [-0.2, -0.15) is 0 Å². The SMILES string of the molecule is NS(=O)(=O)c1cc(Br)ccc1OCCCN1CCCC1. The van der Waals surface area contributed by atoms with Crippen molar-refractivity contribution in [3.8, 4) is 5.75 Å². The molecular weight excluding hydrogens is 344 g/mol. The molecule has 2 N–H and O–H groups in total. The average molecular weight is 363 g/mol.